The third-order valence-electron chi connectivity index (χ3n) is 2.52. The Labute approximate surface area is 101 Å². The van der Waals surface area contributed by atoms with Crippen LogP contribution in [-0.4, -0.2) is 44.6 Å². The fourth-order valence-corrected chi connectivity index (χ4v) is 1.52. The predicted molar refractivity (Wildman–Crippen MR) is 63.5 cm³/mol. The fourth-order valence-electron chi connectivity index (χ4n) is 1.52. The molecule has 17 heavy (non-hydrogen) atoms. The maximum atomic E-state index is 9.24. The number of aryl methyl sites for hydroxylation is 2. The molecule has 0 aromatic carbocycles. The van der Waals surface area contributed by atoms with Crippen molar-refractivity contribution in [1.82, 2.24) is 9.97 Å². The van der Waals surface area contributed by atoms with Crippen molar-refractivity contribution >= 4 is 0 Å². The molecule has 0 saturated heterocycles. The molecule has 1 heterocycles. The minimum atomic E-state index is -0.685. The second-order valence-corrected chi connectivity index (χ2v) is 4.06. The minimum absolute atomic E-state index is 0.204. The van der Waals surface area contributed by atoms with Crippen LogP contribution in [-0.2, 0) is 12.8 Å². The Morgan fingerprint density at radius 1 is 1.06 bits per heavy atom. The molecule has 0 saturated carbocycles. The van der Waals surface area contributed by atoms with Crippen molar-refractivity contribution in [3.05, 3.63) is 23.8 Å². The third-order valence-corrected chi connectivity index (χ3v) is 2.52. The second-order valence-electron chi connectivity index (χ2n) is 4.06. The first-order valence-corrected chi connectivity index (χ1v) is 5.96. The van der Waals surface area contributed by atoms with Gasteiger partial charge in [0.05, 0.1) is 24.1 Å². The first-order valence-electron chi connectivity index (χ1n) is 5.96. The van der Waals surface area contributed by atoms with E-state index in [0.29, 0.717) is 12.8 Å². The molecule has 3 N–H and O–H groups in total. The number of rotatable bonds is 8. The van der Waals surface area contributed by atoms with Crippen molar-refractivity contribution in [1.29, 1.82) is 0 Å². The molecule has 1 rings (SSSR count). The molecule has 5 nitrogen and oxygen atoms in total. The molecular formula is C12H20N2O3. The van der Waals surface area contributed by atoms with Crippen LogP contribution in [0, 0.1) is 0 Å². The molecule has 0 aliphatic heterocycles. The molecule has 0 amide bonds. The molecule has 1 aromatic heterocycles. The number of aliphatic hydroxyl groups is 3. The zero-order valence-electron chi connectivity index (χ0n) is 9.92. The smallest absolute Gasteiger partial charge is 0.0774 e. The largest absolute Gasteiger partial charge is 0.396 e. The van der Waals surface area contributed by atoms with E-state index in [1.165, 1.54) is 0 Å². The van der Waals surface area contributed by atoms with Crippen LogP contribution >= 0.6 is 0 Å². The Bertz CT molecular complexity index is 320. The summed E-state index contributed by atoms with van der Waals surface area (Å²) in [7, 11) is 0. The summed E-state index contributed by atoms with van der Waals surface area (Å²) in [5.41, 5.74) is 1.74. The average Bonchev–Trinajstić information content (AvgIpc) is 2.37. The lowest BCUT2D eigenvalue weighted by atomic mass is 10.1. The van der Waals surface area contributed by atoms with Gasteiger partial charge in [-0.25, -0.2) is 0 Å². The highest BCUT2D eigenvalue weighted by atomic mass is 16.3. The van der Waals surface area contributed by atoms with Gasteiger partial charge in [-0.1, -0.05) is 0 Å². The van der Waals surface area contributed by atoms with E-state index < -0.39 is 6.10 Å². The van der Waals surface area contributed by atoms with Crippen molar-refractivity contribution in [2.75, 3.05) is 13.2 Å². The molecule has 5 heteroatoms. The van der Waals surface area contributed by atoms with Crippen LogP contribution in [0.4, 0.5) is 0 Å². The van der Waals surface area contributed by atoms with Crippen LogP contribution in [0.2, 0.25) is 0 Å². The average molecular weight is 240 g/mol. The van der Waals surface area contributed by atoms with Crippen LogP contribution in [0.1, 0.15) is 30.7 Å². The summed E-state index contributed by atoms with van der Waals surface area (Å²) >= 11 is 0. The lowest BCUT2D eigenvalue weighted by Gasteiger charge is -2.07. The zero-order chi connectivity index (χ0) is 12.5. The zero-order valence-corrected chi connectivity index (χ0v) is 9.92. The monoisotopic (exact) mass is 240 g/mol. The van der Waals surface area contributed by atoms with Gasteiger partial charge >= 0.3 is 0 Å². The van der Waals surface area contributed by atoms with E-state index in [0.717, 1.165) is 30.7 Å². The number of unbranched alkanes of at least 4 members (excludes halogenated alkanes) is 1. The number of nitrogens with zero attached hydrogens (tertiary/aromatic N) is 2. The second kappa shape index (κ2) is 8.11. The summed E-state index contributed by atoms with van der Waals surface area (Å²) in [4.78, 5) is 8.51. The topological polar surface area (TPSA) is 86.5 Å². The van der Waals surface area contributed by atoms with Gasteiger partial charge in [-0.2, -0.15) is 0 Å². The molecule has 1 aromatic rings. The quantitative estimate of drug-likeness (QED) is 0.560. The Balaban J connectivity index is 2.42. The van der Waals surface area contributed by atoms with Gasteiger partial charge in [-0.3, -0.25) is 9.97 Å². The van der Waals surface area contributed by atoms with Gasteiger partial charge in [0.1, 0.15) is 0 Å². The normalized spacial score (nSPS) is 12.6. The highest BCUT2D eigenvalue weighted by molar-refractivity contribution is 5.03. The first-order chi connectivity index (χ1) is 8.26. The molecule has 0 aliphatic rings. The van der Waals surface area contributed by atoms with Crippen molar-refractivity contribution < 1.29 is 15.3 Å². The van der Waals surface area contributed by atoms with Crippen LogP contribution in [0.3, 0.4) is 0 Å². The van der Waals surface area contributed by atoms with Crippen molar-refractivity contribution in [3.63, 3.8) is 0 Å². The summed E-state index contributed by atoms with van der Waals surface area (Å²) in [6.07, 6.45) is 6.30. The van der Waals surface area contributed by atoms with Gasteiger partial charge in [0.15, 0.2) is 0 Å². The lowest BCUT2D eigenvalue weighted by Crippen LogP contribution is -2.13. The van der Waals surface area contributed by atoms with Crippen LogP contribution in [0.25, 0.3) is 0 Å². The third kappa shape index (κ3) is 5.72. The molecule has 0 spiro atoms. The first kappa shape index (κ1) is 14.0. The molecular weight excluding hydrogens is 220 g/mol. The van der Waals surface area contributed by atoms with E-state index in [9.17, 15) is 5.11 Å². The molecule has 0 aliphatic carbocycles. The Morgan fingerprint density at radius 2 is 1.76 bits per heavy atom. The maximum absolute atomic E-state index is 9.24. The summed E-state index contributed by atoms with van der Waals surface area (Å²) in [6, 6.07) is 0. The van der Waals surface area contributed by atoms with Gasteiger partial charge < -0.3 is 15.3 Å². The fraction of sp³-hybridized carbons (Fsp3) is 0.667. The highest BCUT2D eigenvalue weighted by Gasteiger charge is 2.04. The number of hydrogen-bond acceptors (Lipinski definition) is 5. The van der Waals surface area contributed by atoms with Crippen LogP contribution in [0.5, 0.6) is 0 Å². The molecule has 0 fully saturated rings. The minimum Gasteiger partial charge on any atom is -0.396 e. The Kier molecular flexibility index (Phi) is 6.69. The van der Waals surface area contributed by atoms with Crippen molar-refractivity contribution in [2.45, 2.75) is 38.2 Å². The Morgan fingerprint density at radius 3 is 2.41 bits per heavy atom. The van der Waals surface area contributed by atoms with Gasteiger partial charge in [-0.05, 0) is 32.1 Å². The SMILES string of the molecule is OCCCCc1cncc(CCC(O)CO)n1. The number of aromatic nitrogens is 2. The number of hydrogen-bond donors (Lipinski definition) is 3. The van der Waals surface area contributed by atoms with Crippen molar-refractivity contribution in [3.8, 4) is 0 Å². The van der Waals surface area contributed by atoms with Crippen LogP contribution in [0.15, 0.2) is 12.4 Å². The molecule has 0 bridgehead atoms. The molecule has 0 radical (unpaired) electrons. The van der Waals surface area contributed by atoms with Crippen molar-refractivity contribution in [2.24, 2.45) is 0 Å². The van der Waals surface area contributed by atoms with E-state index in [1.807, 2.05) is 0 Å². The lowest BCUT2D eigenvalue weighted by molar-refractivity contribution is 0.0883. The van der Waals surface area contributed by atoms with E-state index in [-0.39, 0.29) is 13.2 Å². The van der Waals surface area contributed by atoms with Gasteiger partial charge in [0.2, 0.25) is 0 Å². The van der Waals surface area contributed by atoms with E-state index in [1.54, 1.807) is 12.4 Å². The summed E-state index contributed by atoms with van der Waals surface area (Å²) in [5, 5.41) is 26.6. The predicted octanol–water partition coefficient (Wildman–Crippen LogP) is 0.0774. The summed E-state index contributed by atoms with van der Waals surface area (Å²) < 4.78 is 0. The highest BCUT2D eigenvalue weighted by Crippen LogP contribution is 2.05. The summed E-state index contributed by atoms with van der Waals surface area (Å²) in [5.74, 6) is 0. The molecule has 1 atom stereocenters. The maximum Gasteiger partial charge on any atom is 0.0774 e. The summed E-state index contributed by atoms with van der Waals surface area (Å²) in [6.45, 7) is -0.0145. The van der Waals surface area contributed by atoms with E-state index in [4.69, 9.17) is 10.2 Å². The standard InChI is InChI=1S/C12H20N2O3/c15-6-2-1-3-10-7-13-8-11(14-10)4-5-12(17)9-16/h7-8,12,15-17H,1-6,9H2. The van der Waals surface area contributed by atoms with E-state index in [2.05, 4.69) is 9.97 Å². The van der Waals surface area contributed by atoms with Crippen LogP contribution < -0.4 is 0 Å². The molecule has 1 unspecified atom stereocenters. The Hall–Kier alpha value is -1.04. The number of aliphatic hydroxyl groups excluding tert-OH is 3. The van der Waals surface area contributed by atoms with Gasteiger partial charge in [-0.15, -0.1) is 0 Å². The van der Waals surface area contributed by atoms with Gasteiger partial charge in [0.25, 0.3) is 0 Å². The van der Waals surface area contributed by atoms with E-state index >= 15 is 0 Å². The van der Waals surface area contributed by atoms with Gasteiger partial charge in [0, 0.05) is 19.0 Å². The molecule has 96 valence electrons.